The maximum atomic E-state index is 8.58. The van der Waals surface area contributed by atoms with E-state index in [0.29, 0.717) is 3.77 Å². The van der Waals surface area contributed by atoms with Crippen LogP contribution in [0.4, 0.5) is 0 Å². The molecule has 0 fully saturated rings. The summed E-state index contributed by atoms with van der Waals surface area (Å²) in [6, 6.07) is 0. The summed E-state index contributed by atoms with van der Waals surface area (Å²) in [5.41, 5.74) is 0. The Kier molecular flexibility index (Phi) is 1.14. The Balaban J connectivity index is 2.61. The standard InChI is InChI=1S/C4H4IO/c6-4-2-1-3-5-4/h1-3,6H/q-1. The maximum absolute atomic E-state index is 8.58. The van der Waals surface area contributed by atoms with Crippen LogP contribution in [0.25, 0.3) is 0 Å². The number of aliphatic hydroxyl groups is 1. The molecule has 1 heterocycles. The molecule has 6 heavy (non-hydrogen) atoms. The van der Waals surface area contributed by atoms with Gasteiger partial charge in [-0.3, -0.25) is 0 Å². The number of rotatable bonds is 0. The molecule has 34 valence electrons. The zero-order valence-electron chi connectivity index (χ0n) is 3.06. The predicted octanol–water partition coefficient (Wildman–Crippen LogP) is -2.00. The Morgan fingerprint density at radius 3 is 2.67 bits per heavy atom. The predicted molar refractivity (Wildman–Crippen MR) is 19.9 cm³/mol. The molecule has 0 saturated carbocycles. The van der Waals surface area contributed by atoms with Gasteiger partial charge in [-0.2, -0.15) is 0 Å². The average molecular weight is 195 g/mol. The first-order valence-electron chi connectivity index (χ1n) is 1.59. The Bertz CT molecular complexity index is 104. The first-order chi connectivity index (χ1) is 2.89. The Morgan fingerprint density at radius 1 is 1.67 bits per heavy atom. The van der Waals surface area contributed by atoms with Crippen molar-refractivity contribution in [3.05, 3.63) is 20.0 Å². The summed E-state index contributed by atoms with van der Waals surface area (Å²) in [5.74, 6) is 0. The van der Waals surface area contributed by atoms with E-state index in [1.807, 2.05) is 10.2 Å². The van der Waals surface area contributed by atoms with Crippen molar-refractivity contribution in [1.29, 1.82) is 0 Å². The first kappa shape index (κ1) is 4.18. The van der Waals surface area contributed by atoms with Crippen molar-refractivity contribution in [2.45, 2.75) is 0 Å². The molecule has 1 aliphatic heterocycles. The summed E-state index contributed by atoms with van der Waals surface area (Å²) >= 11 is -0.0844. The third-order valence-corrected chi connectivity index (χ3v) is 2.25. The van der Waals surface area contributed by atoms with Crippen LogP contribution in [0.15, 0.2) is 20.0 Å². The van der Waals surface area contributed by atoms with Crippen LogP contribution in [0.2, 0.25) is 0 Å². The second-order valence-corrected chi connectivity index (χ2v) is 3.36. The van der Waals surface area contributed by atoms with Gasteiger partial charge in [0.15, 0.2) is 0 Å². The van der Waals surface area contributed by atoms with E-state index >= 15 is 0 Å². The average Bonchev–Trinajstić information content (AvgIpc) is 1.86. The molecular weight excluding hydrogens is 191 g/mol. The van der Waals surface area contributed by atoms with E-state index < -0.39 is 0 Å². The van der Waals surface area contributed by atoms with Crippen LogP contribution in [-0.4, -0.2) is 5.11 Å². The van der Waals surface area contributed by atoms with E-state index in [1.165, 1.54) is 0 Å². The molecule has 0 aromatic rings. The van der Waals surface area contributed by atoms with Gasteiger partial charge in [0, 0.05) is 0 Å². The quantitative estimate of drug-likeness (QED) is 0.443. The Labute approximate surface area is 46.6 Å². The van der Waals surface area contributed by atoms with Gasteiger partial charge >= 0.3 is 46.3 Å². The Morgan fingerprint density at radius 2 is 2.50 bits per heavy atom. The van der Waals surface area contributed by atoms with E-state index in [4.69, 9.17) is 5.11 Å². The molecule has 0 aromatic carbocycles. The van der Waals surface area contributed by atoms with Gasteiger partial charge < -0.3 is 0 Å². The van der Waals surface area contributed by atoms with Crippen LogP contribution in [0.1, 0.15) is 0 Å². The molecule has 0 atom stereocenters. The van der Waals surface area contributed by atoms with E-state index in [2.05, 4.69) is 0 Å². The fourth-order valence-corrected chi connectivity index (χ4v) is 1.45. The number of hydrogen-bond acceptors (Lipinski definition) is 1. The molecule has 1 nitrogen and oxygen atoms in total. The van der Waals surface area contributed by atoms with Crippen LogP contribution in [0.3, 0.4) is 0 Å². The molecule has 1 aliphatic rings. The van der Waals surface area contributed by atoms with Crippen molar-refractivity contribution in [3.63, 3.8) is 0 Å². The molecule has 2 heteroatoms. The van der Waals surface area contributed by atoms with Crippen LogP contribution in [-0.2, 0) is 0 Å². The zero-order valence-corrected chi connectivity index (χ0v) is 5.21. The summed E-state index contributed by atoms with van der Waals surface area (Å²) in [6.45, 7) is 0. The van der Waals surface area contributed by atoms with E-state index in [9.17, 15) is 0 Å². The molecular formula is C4H4IO-. The minimum absolute atomic E-state index is 0.0844. The van der Waals surface area contributed by atoms with Crippen molar-refractivity contribution in [1.82, 2.24) is 0 Å². The summed E-state index contributed by atoms with van der Waals surface area (Å²) in [4.78, 5) is 0. The van der Waals surface area contributed by atoms with Gasteiger partial charge in [0.2, 0.25) is 0 Å². The van der Waals surface area contributed by atoms with Crippen molar-refractivity contribution in [2.75, 3.05) is 0 Å². The molecule has 0 bridgehead atoms. The monoisotopic (exact) mass is 195 g/mol. The topological polar surface area (TPSA) is 20.2 Å². The van der Waals surface area contributed by atoms with Gasteiger partial charge in [0.1, 0.15) is 0 Å². The fourth-order valence-electron chi connectivity index (χ4n) is 0.253. The van der Waals surface area contributed by atoms with Gasteiger partial charge in [-0.25, -0.2) is 0 Å². The van der Waals surface area contributed by atoms with Gasteiger partial charge in [0.05, 0.1) is 0 Å². The Hall–Kier alpha value is 0.01000. The van der Waals surface area contributed by atoms with Gasteiger partial charge in [-0.15, -0.1) is 0 Å². The molecule has 0 unspecified atom stereocenters. The molecule has 1 N–H and O–H groups in total. The summed E-state index contributed by atoms with van der Waals surface area (Å²) in [5, 5.41) is 8.58. The fraction of sp³-hybridized carbons (Fsp3) is 0. The van der Waals surface area contributed by atoms with Crippen LogP contribution < -0.4 is 21.2 Å². The summed E-state index contributed by atoms with van der Waals surface area (Å²) in [7, 11) is 0. The summed E-state index contributed by atoms with van der Waals surface area (Å²) < 4.78 is 2.60. The molecule has 0 spiro atoms. The number of halogens is 1. The van der Waals surface area contributed by atoms with Crippen molar-refractivity contribution < 1.29 is 26.3 Å². The van der Waals surface area contributed by atoms with Crippen molar-refractivity contribution in [3.8, 4) is 0 Å². The van der Waals surface area contributed by atoms with Gasteiger partial charge in [-0.05, 0) is 0 Å². The van der Waals surface area contributed by atoms with Crippen LogP contribution in [0, 0.1) is 0 Å². The van der Waals surface area contributed by atoms with E-state index in [1.54, 1.807) is 6.08 Å². The normalized spacial score (nSPS) is 19.7. The zero-order chi connectivity index (χ0) is 4.41. The SMILES string of the molecule is OC1=CC=C[I-]1. The van der Waals surface area contributed by atoms with Crippen LogP contribution in [0.5, 0.6) is 0 Å². The van der Waals surface area contributed by atoms with E-state index in [-0.39, 0.29) is 21.2 Å². The number of aliphatic hydroxyl groups excluding tert-OH is 1. The third kappa shape index (κ3) is 0.739. The molecule has 0 aliphatic carbocycles. The second-order valence-electron chi connectivity index (χ2n) is 0.917. The third-order valence-electron chi connectivity index (χ3n) is 0.481. The molecule has 0 aromatic heterocycles. The number of allylic oxidation sites excluding steroid dienone is 2. The second kappa shape index (κ2) is 1.64. The molecule has 0 saturated heterocycles. The van der Waals surface area contributed by atoms with Crippen LogP contribution >= 0.6 is 0 Å². The van der Waals surface area contributed by atoms with Crippen molar-refractivity contribution >= 4 is 0 Å². The molecule has 0 amide bonds. The van der Waals surface area contributed by atoms with Gasteiger partial charge in [0.25, 0.3) is 0 Å². The van der Waals surface area contributed by atoms with E-state index in [0.717, 1.165) is 0 Å². The van der Waals surface area contributed by atoms with Gasteiger partial charge in [-0.1, -0.05) is 0 Å². The van der Waals surface area contributed by atoms with Crippen molar-refractivity contribution in [2.24, 2.45) is 0 Å². The number of hydrogen-bond donors (Lipinski definition) is 1. The molecule has 0 radical (unpaired) electrons. The first-order valence-corrected chi connectivity index (χ1v) is 3.91. The summed E-state index contributed by atoms with van der Waals surface area (Å²) in [6.07, 6.45) is 3.63. The minimum atomic E-state index is -0.0844. The molecule has 1 rings (SSSR count).